The van der Waals surface area contributed by atoms with Crippen LogP contribution in [0.4, 0.5) is 0 Å². The second-order valence-electron chi connectivity index (χ2n) is 4.08. The van der Waals surface area contributed by atoms with Crippen molar-refractivity contribution in [3.8, 4) is 0 Å². The largest absolute Gasteiger partial charge is 0.379 e. The normalized spacial score (nSPS) is 25.9. The van der Waals surface area contributed by atoms with E-state index in [2.05, 4.69) is 0 Å². The molecule has 3 nitrogen and oxygen atoms in total. The Morgan fingerprint density at radius 1 is 1.38 bits per heavy atom. The van der Waals surface area contributed by atoms with E-state index < -0.39 is 13.8 Å². The fourth-order valence-corrected chi connectivity index (χ4v) is 2.70. The maximum atomic E-state index is 11.1. The minimum atomic E-state index is -3.42. The third-order valence-electron chi connectivity index (χ3n) is 2.74. The molecule has 2 fully saturated rings. The predicted molar refractivity (Wildman–Crippen MR) is 50.3 cm³/mol. The molecule has 0 N–H and O–H groups in total. The van der Waals surface area contributed by atoms with E-state index in [1.807, 2.05) is 0 Å². The van der Waals surface area contributed by atoms with Crippen LogP contribution in [-0.2, 0) is 13.8 Å². The summed E-state index contributed by atoms with van der Waals surface area (Å²) in [5.74, 6) is 0.675. The number of hydrogen-bond acceptors (Lipinski definition) is 3. The minimum absolute atomic E-state index is 0.287. The summed E-state index contributed by atoms with van der Waals surface area (Å²) in [4.78, 5) is 0. The van der Waals surface area contributed by atoms with Gasteiger partial charge in [0.05, 0.1) is 6.61 Å². The van der Waals surface area contributed by atoms with Gasteiger partial charge in [0, 0.05) is 17.3 Å². The van der Waals surface area contributed by atoms with Crippen LogP contribution in [0.3, 0.4) is 0 Å². The van der Waals surface area contributed by atoms with E-state index in [4.69, 9.17) is 15.4 Å². The molecule has 0 aromatic rings. The first-order chi connectivity index (χ1) is 6.04. The van der Waals surface area contributed by atoms with Crippen LogP contribution in [0.25, 0.3) is 0 Å². The number of halogens is 1. The summed E-state index contributed by atoms with van der Waals surface area (Å²) in [6, 6.07) is 0. The number of hydrogen-bond donors (Lipinski definition) is 0. The van der Waals surface area contributed by atoms with Crippen molar-refractivity contribution < 1.29 is 13.2 Å². The molecule has 13 heavy (non-hydrogen) atoms. The molecule has 0 heterocycles. The van der Waals surface area contributed by atoms with Crippen molar-refractivity contribution in [3.63, 3.8) is 0 Å². The highest BCUT2D eigenvalue weighted by Crippen LogP contribution is 2.46. The summed E-state index contributed by atoms with van der Waals surface area (Å²) in [6.07, 6.45) is 3.76. The summed E-state index contributed by atoms with van der Waals surface area (Å²) in [5, 5.41) is 0. The lowest BCUT2D eigenvalue weighted by molar-refractivity contribution is 0.120. The molecule has 2 rings (SSSR count). The first-order valence-corrected chi connectivity index (χ1v) is 6.86. The highest BCUT2D eigenvalue weighted by atomic mass is 35.7. The quantitative estimate of drug-likeness (QED) is 0.665. The molecule has 0 aliphatic heterocycles. The van der Waals surface area contributed by atoms with E-state index >= 15 is 0 Å². The zero-order chi connectivity index (χ0) is 9.53. The number of ether oxygens (including phenoxy) is 1. The summed E-state index contributed by atoms with van der Waals surface area (Å²) in [6.45, 7) is 0.990. The molecule has 0 radical (unpaired) electrons. The lowest BCUT2D eigenvalue weighted by Gasteiger charge is -2.10. The Kier molecular flexibility index (Phi) is 2.33. The summed E-state index contributed by atoms with van der Waals surface area (Å²) in [7, 11) is 1.89. The average molecular weight is 225 g/mol. The predicted octanol–water partition coefficient (Wildman–Crippen LogP) is 1.51. The monoisotopic (exact) mass is 224 g/mol. The van der Waals surface area contributed by atoms with Crippen molar-refractivity contribution in [2.45, 2.75) is 30.4 Å². The van der Waals surface area contributed by atoms with Crippen LogP contribution in [-0.4, -0.2) is 26.4 Å². The van der Waals surface area contributed by atoms with E-state index in [-0.39, 0.29) is 6.61 Å². The van der Waals surface area contributed by atoms with Crippen molar-refractivity contribution in [2.75, 3.05) is 13.2 Å². The summed E-state index contributed by atoms with van der Waals surface area (Å²) in [5.41, 5.74) is 0. The minimum Gasteiger partial charge on any atom is -0.379 e. The zero-order valence-corrected chi connectivity index (χ0v) is 8.90. The number of rotatable bonds is 5. The fraction of sp³-hybridized carbons (Fsp3) is 1.00. The van der Waals surface area contributed by atoms with Gasteiger partial charge in [-0.2, -0.15) is 0 Å². The highest BCUT2D eigenvalue weighted by molar-refractivity contribution is 8.15. The standard InChI is InChI=1S/C8H13ClO3S/c9-13(10,11)8(3-4-8)6-12-5-7-1-2-7/h7H,1-6H2. The zero-order valence-electron chi connectivity index (χ0n) is 7.33. The van der Waals surface area contributed by atoms with Gasteiger partial charge in [0.1, 0.15) is 4.75 Å². The highest BCUT2D eigenvalue weighted by Gasteiger charge is 2.54. The molecule has 0 atom stereocenters. The molecule has 0 unspecified atom stereocenters. The van der Waals surface area contributed by atoms with Crippen LogP contribution in [0.1, 0.15) is 25.7 Å². The molecular formula is C8H13ClO3S. The van der Waals surface area contributed by atoms with Gasteiger partial charge in [0.25, 0.3) is 0 Å². The van der Waals surface area contributed by atoms with E-state index in [1.165, 1.54) is 12.8 Å². The van der Waals surface area contributed by atoms with Crippen molar-refractivity contribution >= 4 is 19.7 Å². The Hall–Kier alpha value is 0.200. The van der Waals surface area contributed by atoms with Gasteiger partial charge >= 0.3 is 0 Å². The van der Waals surface area contributed by atoms with Crippen LogP contribution in [0.5, 0.6) is 0 Å². The molecule has 0 aromatic carbocycles. The second-order valence-corrected chi connectivity index (χ2v) is 7.04. The first-order valence-electron chi connectivity index (χ1n) is 4.55. The average Bonchev–Trinajstić information content (AvgIpc) is 2.76. The Balaban J connectivity index is 1.79. The van der Waals surface area contributed by atoms with Crippen molar-refractivity contribution in [1.29, 1.82) is 0 Å². The molecule has 5 heteroatoms. The summed E-state index contributed by atoms with van der Waals surface area (Å²) < 4.78 is 26.8. The van der Waals surface area contributed by atoms with Crippen molar-refractivity contribution in [1.82, 2.24) is 0 Å². The van der Waals surface area contributed by atoms with Crippen LogP contribution in [0.15, 0.2) is 0 Å². The Morgan fingerprint density at radius 2 is 2.00 bits per heavy atom. The van der Waals surface area contributed by atoms with Gasteiger partial charge in [-0.25, -0.2) is 8.42 Å². The Labute approximate surface area is 82.8 Å². The Morgan fingerprint density at radius 3 is 2.38 bits per heavy atom. The van der Waals surface area contributed by atoms with E-state index in [1.54, 1.807) is 0 Å². The molecular weight excluding hydrogens is 212 g/mol. The van der Waals surface area contributed by atoms with E-state index in [0.717, 1.165) is 0 Å². The van der Waals surface area contributed by atoms with Gasteiger partial charge < -0.3 is 4.74 Å². The molecule has 0 saturated heterocycles. The van der Waals surface area contributed by atoms with Crippen LogP contribution in [0.2, 0.25) is 0 Å². The maximum absolute atomic E-state index is 11.1. The molecule has 0 spiro atoms. The van der Waals surface area contributed by atoms with E-state index in [0.29, 0.717) is 25.4 Å². The fourth-order valence-electron chi connectivity index (χ4n) is 1.29. The maximum Gasteiger partial charge on any atom is 0.240 e. The molecule has 76 valence electrons. The summed E-state index contributed by atoms with van der Waals surface area (Å²) >= 11 is 0. The van der Waals surface area contributed by atoms with Crippen molar-refractivity contribution in [3.05, 3.63) is 0 Å². The van der Waals surface area contributed by atoms with Crippen LogP contribution >= 0.6 is 10.7 Å². The second kappa shape index (κ2) is 3.11. The van der Waals surface area contributed by atoms with Gasteiger partial charge in [-0.1, -0.05) is 0 Å². The van der Waals surface area contributed by atoms with Crippen molar-refractivity contribution in [2.24, 2.45) is 5.92 Å². The Bertz CT molecular complexity index is 291. The van der Waals surface area contributed by atoms with Gasteiger partial charge in [0.2, 0.25) is 9.05 Å². The van der Waals surface area contributed by atoms with E-state index in [9.17, 15) is 8.42 Å². The molecule has 2 saturated carbocycles. The van der Waals surface area contributed by atoms with Gasteiger partial charge in [-0.3, -0.25) is 0 Å². The van der Waals surface area contributed by atoms with Gasteiger partial charge in [-0.15, -0.1) is 0 Å². The van der Waals surface area contributed by atoms with Crippen LogP contribution < -0.4 is 0 Å². The first kappa shape index (κ1) is 9.74. The molecule has 2 aliphatic rings. The van der Waals surface area contributed by atoms with Gasteiger partial charge in [0.15, 0.2) is 0 Å². The smallest absolute Gasteiger partial charge is 0.240 e. The molecule has 0 amide bonds. The topological polar surface area (TPSA) is 43.4 Å². The molecule has 0 bridgehead atoms. The SMILES string of the molecule is O=S(=O)(Cl)C1(COCC2CC2)CC1. The lowest BCUT2D eigenvalue weighted by Crippen LogP contribution is -2.25. The van der Waals surface area contributed by atoms with Crippen LogP contribution in [0, 0.1) is 5.92 Å². The molecule has 0 aromatic heterocycles. The lowest BCUT2D eigenvalue weighted by atomic mass is 10.4. The third kappa shape index (κ3) is 2.17. The molecule has 2 aliphatic carbocycles. The third-order valence-corrected chi connectivity index (χ3v) is 5.28. The van der Waals surface area contributed by atoms with Gasteiger partial charge in [-0.05, 0) is 31.6 Å².